The standard InChI is InChI=1S/C20H27NO2/c1-20(2,3)23-19(22)15-8-5-7-14(11-15)16-12-17-9-6-10-18(13-16)21(17)4/h5,7-8,11-12,17-18H,6,9-10,13H2,1-4H3. The average Bonchev–Trinajstić information content (AvgIpc) is 2.45. The highest BCUT2D eigenvalue weighted by Gasteiger charge is 2.31. The predicted molar refractivity (Wildman–Crippen MR) is 93.4 cm³/mol. The Morgan fingerprint density at radius 3 is 2.74 bits per heavy atom. The number of rotatable bonds is 2. The molecule has 2 aliphatic rings. The lowest BCUT2D eigenvalue weighted by molar-refractivity contribution is 0.00695. The number of hydrogen-bond donors (Lipinski definition) is 0. The first-order valence-electron chi connectivity index (χ1n) is 8.60. The molecule has 0 N–H and O–H groups in total. The maximum absolute atomic E-state index is 12.3. The number of nitrogens with zero attached hydrogens (tertiary/aromatic N) is 1. The molecule has 1 aromatic rings. The third-order valence-corrected chi connectivity index (χ3v) is 4.85. The van der Waals surface area contributed by atoms with E-state index in [4.69, 9.17) is 4.74 Å². The van der Waals surface area contributed by atoms with E-state index in [2.05, 4.69) is 24.1 Å². The smallest absolute Gasteiger partial charge is 0.338 e. The van der Waals surface area contributed by atoms with Crippen LogP contribution in [0.4, 0.5) is 0 Å². The molecule has 0 saturated carbocycles. The van der Waals surface area contributed by atoms with Crippen molar-refractivity contribution in [1.29, 1.82) is 0 Å². The van der Waals surface area contributed by atoms with Crippen molar-refractivity contribution in [2.45, 2.75) is 64.1 Å². The van der Waals surface area contributed by atoms with Gasteiger partial charge in [-0.2, -0.15) is 0 Å². The summed E-state index contributed by atoms with van der Waals surface area (Å²) in [5.41, 5.74) is 2.72. The van der Waals surface area contributed by atoms with Gasteiger partial charge in [0.25, 0.3) is 0 Å². The molecule has 2 atom stereocenters. The summed E-state index contributed by atoms with van der Waals surface area (Å²) < 4.78 is 5.49. The van der Waals surface area contributed by atoms with E-state index >= 15 is 0 Å². The molecule has 1 aromatic carbocycles. The van der Waals surface area contributed by atoms with Crippen LogP contribution >= 0.6 is 0 Å². The number of hydrogen-bond acceptors (Lipinski definition) is 3. The molecule has 3 heteroatoms. The van der Waals surface area contributed by atoms with E-state index in [0.29, 0.717) is 17.6 Å². The first-order chi connectivity index (χ1) is 10.8. The highest BCUT2D eigenvalue weighted by Crippen LogP contribution is 2.36. The van der Waals surface area contributed by atoms with E-state index in [0.717, 1.165) is 6.42 Å². The molecule has 0 amide bonds. The van der Waals surface area contributed by atoms with Crippen molar-refractivity contribution in [2.75, 3.05) is 7.05 Å². The summed E-state index contributed by atoms with van der Waals surface area (Å²) in [5.74, 6) is -0.243. The molecule has 1 fully saturated rings. The molecule has 1 saturated heterocycles. The third kappa shape index (κ3) is 3.66. The Morgan fingerprint density at radius 1 is 1.26 bits per heavy atom. The second-order valence-corrected chi connectivity index (χ2v) is 7.80. The van der Waals surface area contributed by atoms with Gasteiger partial charge in [0.15, 0.2) is 0 Å². The van der Waals surface area contributed by atoms with Gasteiger partial charge in [-0.15, -0.1) is 0 Å². The summed E-state index contributed by atoms with van der Waals surface area (Å²) in [4.78, 5) is 14.8. The molecule has 23 heavy (non-hydrogen) atoms. The van der Waals surface area contributed by atoms with Crippen LogP contribution in [0.1, 0.15) is 62.4 Å². The van der Waals surface area contributed by atoms with Crippen molar-refractivity contribution < 1.29 is 9.53 Å². The van der Waals surface area contributed by atoms with Gasteiger partial charge < -0.3 is 4.74 Å². The van der Waals surface area contributed by atoms with Crippen LogP contribution < -0.4 is 0 Å². The number of likely N-dealkylation sites (N-methyl/N-ethyl adjacent to an activating group) is 1. The van der Waals surface area contributed by atoms with Crippen molar-refractivity contribution in [2.24, 2.45) is 0 Å². The molecule has 2 aliphatic heterocycles. The summed E-state index contributed by atoms with van der Waals surface area (Å²) in [6, 6.07) is 9.08. The Morgan fingerprint density at radius 2 is 2.04 bits per heavy atom. The maximum atomic E-state index is 12.3. The molecule has 0 spiro atoms. The lowest BCUT2D eigenvalue weighted by Crippen LogP contribution is -2.45. The van der Waals surface area contributed by atoms with Gasteiger partial charge in [0, 0.05) is 12.1 Å². The molecule has 2 unspecified atom stereocenters. The fourth-order valence-electron chi connectivity index (χ4n) is 3.64. The summed E-state index contributed by atoms with van der Waals surface area (Å²) in [6.45, 7) is 5.69. The summed E-state index contributed by atoms with van der Waals surface area (Å²) in [5, 5.41) is 0. The second kappa shape index (κ2) is 6.12. The number of carbonyl (C=O) groups excluding carboxylic acids is 1. The van der Waals surface area contributed by atoms with Gasteiger partial charge >= 0.3 is 5.97 Å². The van der Waals surface area contributed by atoms with Crippen molar-refractivity contribution >= 4 is 11.5 Å². The van der Waals surface area contributed by atoms with Gasteiger partial charge in [-0.05, 0) is 70.4 Å². The molecule has 0 aromatic heterocycles. The van der Waals surface area contributed by atoms with Crippen LogP contribution in [-0.4, -0.2) is 35.6 Å². The van der Waals surface area contributed by atoms with Gasteiger partial charge in [-0.25, -0.2) is 4.79 Å². The van der Waals surface area contributed by atoms with Crippen molar-refractivity contribution in [3.05, 3.63) is 41.5 Å². The van der Waals surface area contributed by atoms with E-state index in [1.165, 1.54) is 30.4 Å². The Labute approximate surface area is 139 Å². The molecule has 0 aliphatic carbocycles. The van der Waals surface area contributed by atoms with Crippen LogP contribution in [0.5, 0.6) is 0 Å². The SMILES string of the molecule is CN1C2C=C(c3cccc(C(=O)OC(C)(C)C)c3)CC1CCC2. The lowest BCUT2D eigenvalue weighted by Gasteiger charge is -2.42. The summed E-state index contributed by atoms with van der Waals surface area (Å²) in [7, 11) is 2.24. The predicted octanol–water partition coefficient (Wildman–Crippen LogP) is 4.28. The molecule has 0 radical (unpaired) electrons. The first kappa shape index (κ1) is 16.3. The van der Waals surface area contributed by atoms with Gasteiger partial charge in [-0.3, -0.25) is 4.90 Å². The van der Waals surface area contributed by atoms with Crippen molar-refractivity contribution in [1.82, 2.24) is 4.90 Å². The minimum Gasteiger partial charge on any atom is -0.456 e. The van der Waals surface area contributed by atoms with Gasteiger partial charge in [0.2, 0.25) is 0 Å². The second-order valence-electron chi connectivity index (χ2n) is 7.80. The molecule has 3 nitrogen and oxygen atoms in total. The number of fused-ring (bicyclic) bond motifs is 2. The zero-order valence-electron chi connectivity index (χ0n) is 14.6. The van der Waals surface area contributed by atoms with Gasteiger partial charge in [-0.1, -0.05) is 24.6 Å². The topological polar surface area (TPSA) is 29.5 Å². The van der Waals surface area contributed by atoms with Crippen LogP contribution in [0.25, 0.3) is 5.57 Å². The zero-order chi connectivity index (χ0) is 16.6. The van der Waals surface area contributed by atoms with Crippen LogP contribution in [0.3, 0.4) is 0 Å². The number of piperidine rings is 1. The number of esters is 1. The van der Waals surface area contributed by atoms with Gasteiger partial charge in [0.1, 0.15) is 5.60 Å². The Hall–Kier alpha value is -1.61. The molecule has 124 valence electrons. The quantitative estimate of drug-likeness (QED) is 0.763. The number of carbonyl (C=O) groups is 1. The Kier molecular flexibility index (Phi) is 4.33. The van der Waals surface area contributed by atoms with Crippen molar-refractivity contribution in [3.8, 4) is 0 Å². The van der Waals surface area contributed by atoms with E-state index in [9.17, 15) is 4.79 Å². The zero-order valence-corrected chi connectivity index (χ0v) is 14.6. The molecule has 2 heterocycles. The molecule has 3 rings (SSSR count). The number of benzene rings is 1. The van der Waals surface area contributed by atoms with Crippen molar-refractivity contribution in [3.63, 3.8) is 0 Å². The first-order valence-corrected chi connectivity index (χ1v) is 8.60. The normalized spacial score (nSPS) is 25.0. The van der Waals surface area contributed by atoms with Crippen LogP contribution in [0, 0.1) is 0 Å². The average molecular weight is 313 g/mol. The van der Waals surface area contributed by atoms with E-state index < -0.39 is 5.60 Å². The largest absolute Gasteiger partial charge is 0.456 e. The monoisotopic (exact) mass is 313 g/mol. The van der Waals surface area contributed by atoms with E-state index in [1.54, 1.807) is 0 Å². The highest BCUT2D eigenvalue weighted by atomic mass is 16.6. The van der Waals surface area contributed by atoms with Crippen LogP contribution in [0.15, 0.2) is 30.3 Å². The Bertz CT molecular complexity index is 627. The molecular formula is C20H27NO2. The van der Waals surface area contributed by atoms with E-state index in [1.807, 2.05) is 39.0 Å². The summed E-state index contributed by atoms with van der Waals surface area (Å²) in [6.07, 6.45) is 7.30. The molecule has 2 bridgehead atoms. The lowest BCUT2D eigenvalue weighted by atomic mass is 9.83. The third-order valence-electron chi connectivity index (χ3n) is 4.85. The minimum atomic E-state index is -0.461. The maximum Gasteiger partial charge on any atom is 0.338 e. The van der Waals surface area contributed by atoms with Gasteiger partial charge in [0.05, 0.1) is 5.56 Å². The number of ether oxygens (including phenoxy) is 1. The highest BCUT2D eigenvalue weighted by molar-refractivity contribution is 5.91. The summed E-state index contributed by atoms with van der Waals surface area (Å²) >= 11 is 0. The fraction of sp³-hybridized carbons (Fsp3) is 0.550. The molecular weight excluding hydrogens is 286 g/mol. The fourth-order valence-corrected chi connectivity index (χ4v) is 3.64. The Balaban J connectivity index is 1.84. The van der Waals surface area contributed by atoms with Crippen LogP contribution in [0.2, 0.25) is 0 Å². The van der Waals surface area contributed by atoms with E-state index in [-0.39, 0.29) is 5.97 Å². The minimum absolute atomic E-state index is 0.243. The van der Waals surface area contributed by atoms with Crippen LogP contribution in [-0.2, 0) is 4.74 Å².